The molecule has 0 spiro atoms. The molecule has 1 aromatic heterocycles. The van der Waals surface area contributed by atoms with Gasteiger partial charge in [0, 0.05) is 27.5 Å². The minimum absolute atomic E-state index is 0.882. The summed E-state index contributed by atoms with van der Waals surface area (Å²) in [7, 11) is 0. The van der Waals surface area contributed by atoms with Crippen LogP contribution in [0.3, 0.4) is 0 Å². The molecule has 0 saturated carbocycles. The fourth-order valence-corrected chi connectivity index (χ4v) is 6.83. The van der Waals surface area contributed by atoms with Crippen LogP contribution in [0.5, 0.6) is 0 Å². The number of para-hydroxylation sites is 2. The Morgan fingerprint density at radius 1 is 0.348 bits per heavy atom. The van der Waals surface area contributed by atoms with Crippen LogP contribution in [0.2, 0.25) is 0 Å². The van der Waals surface area contributed by atoms with Crippen molar-refractivity contribution in [3.8, 4) is 22.3 Å². The van der Waals surface area contributed by atoms with Gasteiger partial charge in [0.1, 0.15) is 5.58 Å². The molecule has 0 aliphatic heterocycles. The fourth-order valence-electron chi connectivity index (χ4n) is 6.83. The Labute approximate surface area is 267 Å². The van der Waals surface area contributed by atoms with E-state index in [9.17, 15) is 0 Å². The van der Waals surface area contributed by atoms with Gasteiger partial charge in [-0.25, -0.2) is 0 Å². The first kappa shape index (κ1) is 26.3. The van der Waals surface area contributed by atoms with Crippen molar-refractivity contribution >= 4 is 60.5 Å². The summed E-state index contributed by atoms with van der Waals surface area (Å²) in [5, 5.41) is 7.05. The predicted octanol–water partition coefficient (Wildman–Crippen LogP) is 12.7. The molecule has 0 amide bonds. The van der Waals surface area contributed by atoms with Crippen molar-refractivity contribution in [3.63, 3.8) is 0 Å². The number of hydrogen-bond acceptors (Lipinski definition) is 2. The van der Waals surface area contributed by atoms with Crippen molar-refractivity contribution in [1.29, 1.82) is 0 Å². The smallest absolute Gasteiger partial charge is 0.160 e. The summed E-state index contributed by atoms with van der Waals surface area (Å²) in [6, 6.07) is 62.6. The molecule has 1 heterocycles. The van der Waals surface area contributed by atoms with Crippen LogP contribution in [0.15, 0.2) is 180 Å². The van der Waals surface area contributed by atoms with E-state index in [2.05, 4.69) is 175 Å². The van der Waals surface area contributed by atoms with Gasteiger partial charge in [0.15, 0.2) is 5.58 Å². The van der Waals surface area contributed by atoms with Crippen molar-refractivity contribution in [2.75, 3.05) is 4.90 Å². The van der Waals surface area contributed by atoms with Crippen LogP contribution in [0.4, 0.5) is 17.1 Å². The Bertz CT molecular complexity index is 2510. The van der Waals surface area contributed by atoms with E-state index in [-0.39, 0.29) is 0 Å². The van der Waals surface area contributed by atoms with Crippen LogP contribution in [0.25, 0.3) is 65.7 Å². The lowest BCUT2D eigenvalue weighted by Gasteiger charge is -2.27. The fraction of sp³-hybridized carbons (Fsp3) is 0. The average Bonchev–Trinajstić information content (AvgIpc) is 3.51. The van der Waals surface area contributed by atoms with E-state index in [0.717, 1.165) is 44.4 Å². The molecule has 0 atom stereocenters. The van der Waals surface area contributed by atoms with Gasteiger partial charge >= 0.3 is 0 Å². The number of anilines is 3. The van der Waals surface area contributed by atoms with Crippen LogP contribution < -0.4 is 4.90 Å². The highest BCUT2D eigenvalue weighted by Gasteiger charge is 2.23. The van der Waals surface area contributed by atoms with Crippen molar-refractivity contribution in [1.82, 2.24) is 0 Å². The zero-order valence-electron chi connectivity index (χ0n) is 25.1. The van der Waals surface area contributed by atoms with Gasteiger partial charge in [0.05, 0.1) is 5.69 Å². The maximum Gasteiger partial charge on any atom is 0.160 e. The SMILES string of the molecule is c1ccc(-c2cccc(-c3ccc(N(c4ccccc4)c4c5ccc6ccccc6c5cc5c4oc4ccccc45)cc3)c2)cc1. The molecule has 0 aliphatic rings. The lowest BCUT2D eigenvalue weighted by atomic mass is 9.96. The van der Waals surface area contributed by atoms with Gasteiger partial charge in [-0.05, 0) is 80.9 Å². The van der Waals surface area contributed by atoms with E-state index >= 15 is 0 Å². The average molecular weight is 588 g/mol. The van der Waals surface area contributed by atoms with E-state index in [1.165, 1.54) is 38.4 Å². The molecule has 9 rings (SSSR count). The number of furan rings is 1. The van der Waals surface area contributed by atoms with Crippen molar-refractivity contribution in [2.45, 2.75) is 0 Å². The third kappa shape index (κ3) is 4.35. The van der Waals surface area contributed by atoms with E-state index in [1.54, 1.807) is 0 Å². The van der Waals surface area contributed by atoms with Crippen molar-refractivity contribution in [2.24, 2.45) is 0 Å². The van der Waals surface area contributed by atoms with E-state index in [4.69, 9.17) is 4.42 Å². The summed E-state index contributed by atoms with van der Waals surface area (Å²) in [6.45, 7) is 0. The predicted molar refractivity (Wildman–Crippen MR) is 194 cm³/mol. The van der Waals surface area contributed by atoms with E-state index < -0.39 is 0 Å². The van der Waals surface area contributed by atoms with Gasteiger partial charge in [0.2, 0.25) is 0 Å². The van der Waals surface area contributed by atoms with Gasteiger partial charge in [-0.15, -0.1) is 0 Å². The van der Waals surface area contributed by atoms with Gasteiger partial charge in [-0.3, -0.25) is 0 Å². The molecule has 8 aromatic carbocycles. The summed E-state index contributed by atoms with van der Waals surface area (Å²) < 4.78 is 6.73. The third-order valence-electron chi connectivity index (χ3n) is 9.03. The zero-order valence-corrected chi connectivity index (χ0v) is 25.1. The normalized spacial score (nSPS) is 11.5. The molecule has 0 unspecified atom stereocenters. The van der Waals surface area contributed by atoms with E-state index in [1.807, 2.05) is 6.07 Å². The molecule has 9 aromatic rings. The largest absolute Gasteiger partial charge is 0.454 e. The lowest BCUT2D eigenvalue weighted by Crippen LogP contribution is -2.11. The van der Waals surface area contributed by atoms with E-state index in [0.29, 0.717) is 0 Å². The Morgan fingerprint density at radius 2 is 0.957 bits per heavy atom. The molecule has 0 radical (unpaired) electrons. The topological polar surface area (TPSA) is 16.4 Å². The van der Waals surface area contributed by atoms with Gasteiger partial charge < -0.3 is 9.32 Å². The Morgan fingerprint density at radius 3 is 1.74 bits per heavy atom. The van der Waals surface area contributed by atoms with Gasteiger partial charge in [0.25, 0.3) is 0 Å². The third-order valence-corrected chi connectivity index (χ3v) is 9.03. The van der Waals surface area contributed by atoms with Crippen LogP contribution in [-0.2, 0) is 0 Å². The second-order valence-electron chi connectivity index (χ2n) is 11.7. The zero-order chi connectivity index (χ0) is 30.5. The molecule has 0 N–H and O–H groups in total. The first-order valence-corrected chi connectivity index (χ1v) is 15.7. The Balaban J connectivity index is 1.28. The highest BCUT2D eigenvalue weighted by Crippen LogP contribution is 2.47. The summed E-state index contributed by atoms with van der Waals surface area (Å²) in [4.78, 5) is 2.35. The minimum Gasteiger partial charge on any atom is -0.454 e. The number of benzene rings is 8. The maximum atomic E-state index is 6.73. The second kappa shape index (κ2) is 10.8. The summed E-state index contributed by atoms with van der Waals surface area (Å²) >= 11 is 0. The monoisotopic (exact) mass is 587 g/mol. The molecular weight excluding hydrogens is 558 g/mol. The maximum absolute atomic E-state index is 6.73. The molecular formula is C44H29NO. The van der Waals surface area contributed by atoms with Crippen LogP contribution in [0.1, 0.15) is 0 Å². The first-order chi connectivity index (χ1) is 22.8. The second-order valence-corrected chi connectivity index (χ2v) is 11.7. The number of nitrogens with zero attached hydrogens (tertiary/aromatic N) is 1. The number of fused-ring (bicyclic) bond motifs is 6. The summed E-state index contributed by atoms with van der Waals surface area (Å²) in [5.74, 6) is 0. The first-order valence-electron chi connectivity index (χ1n) is 15.7. The molecule has 2 nitrogen and oxygen atoms in total. The molecule has 0 fully saturated rings. The molecule has 216 valence electrons. The quantitative estimate of drug-likeness (QED) is 0.186. The standard InChI is InChI=1S/C44H29NO/c1-3-12-30(13-4-1)33-15-11-16-34(28-33)31-22-25-36(26-23-31)45(35-17-5-2-6-18-35)43-39-27-24-32-14-7-8-19-37(32)40(39)29-41-38-20-9-10-21-42(38)46-44(41)43/h1-29H. The molecule has 2 heteroatoms. The molecule has 0 aliphatic carbocycles. The molecule has 0 bridgehead atoms. The highest BCUT2D eigenvalue weighted by atomic mass is 16.3. The summed E-state index contributed by atoms with van der Waals surface area (Å²) in [5.41, 5.74) is 9.74. The molecule has 0 saturated heterocycles. The minimum atomic E-state index is 0.882. The van der Waals surface area contributed by atoms with Gasteiger partial charge in [-0.1, -0.05) is 133 Å². The Kier molecular flexibility index (Phi) is 6.17. The molecule has 46 heavy (non-hydrogen) atoms. The van der Waals surface area contributed by atoms with Crippen molar-refractivity contribution in [3.05, 3.63) is 176 Å². The van der Waals surface area contributed by atoms with Crippen LogP contribution >= 0.6 is 0 Å². The van der Waals surface area contributed by atoms with Crippen molar-refractivity contribution < 1.29 is 4.42 Å². The summed E-state index contributed by atoms with van der Waals surface area (Å²) in [6.07, 6.45) is 0. The number of hydrogen-bond donors (Lipinski definition) is 0. The lowest BCUT2D eigenvalue weighted by molar-refractivity contribution is 0.669. The van der Waals surface area contributed by atoms with Crippen LogP contribution in [0, 0.1) is 0 Å². The highest BCUT2D eigenvalue weighted by molar-refractivity contribution is 6.24. The number of rotatable bonds is 5. The van der Waals surface area contributed by atoms with Gasteiger partial charge in [-0.2, -0.15) is 0 Å². The Hall–Kier alpha value is -6.12. The van der Waals surface area contributed by atoms with Crippen LogP contribution in [-0.4, -0.2) is 0 Å².